The Balaban J connectivity index is 1.42. The van der Waals surface area contributed by atoms with Crippen molar-refractivity contribution in [3.05, 3.63) is 77.6 Å². The fraction of sp³-hybridized carbons (Fsp3) is 0.360. The van der Waals surface area contributed by atoms with Gasteiger partial charge < -0.3 is 15.0 Å². The van der Waals surface area contributed by atoms with E-state index in [1.165, 1.54) is 5.56 Å². The molecule has 1 saturated heterocycles. The lowest BCUT2D eigenvalue weighted by Gasteiger charge is -2.34. The lowest BCUT2D eigenvalue weighted by molar-refractivity contribution is 0.0942. The highest BCUT2D eigenvalue weighted by Gasteiger charge is 2.20. The number of amides is 1. The van der Waals surface area contributed by atoms with E-state index >= 15 is 0 Å². The largest absolute Gasteiger partial charge is 0.493 e. The molecule has 0 spiro atoms. The van der Waals surface area contributed by atoms with Gasteiger partial charge in [-0.2, -0.15) is 5.10 Å². The molecule has 0 atom stereocenters. The molecule has 0 unspecified atom stereocenters. The Hall–Kier alpha value is -3.16. The van der Waals surface area contributed by atoms with Crippen molar-refractivity contribution in [1.82, 2.24) is 24.9 Å². The summed E-state index contributed by atoms with van der Waals surface area (Å²) in [5, 5.41) is 7.49. The lowest BCUT2D eigenvalue weighted by Crippen LogP contribution is -2.45. The predicted molar refractivity (Wildman–Crippen MR) is 125 cm³/mol. The van der Waals surface area contributed by atoms with Crippen LogP contribution in [0.5, 0.6) is 5.75 Å². The summed E-state index contributed by atoms with van der Waals surface area (Å²) >= 11 is 0. The van der Waals surface area contributed by atoms with E-state index in [0.717, 1.165) is 50.5 Å². The fourth-order valence-corrected chi connectivity index (χ4v) is 4.03. The van der Waals surface area contributed by atoms with Gasteiger partial charge in [0.25, 0.3) is 5.91 Å². The summed E-state index contributed by atoms with van der Waals surface area (Å²) < 4.78 is 7.07. The van der Waals surface area contributed by atoms with E-state index in [1.807, 2.05) is 36.4 Å². The third kappa shape index (κ3) is 5.18. The van der Waals surface area contributed by atoms with Crippen molar-refractivity contribution in [2.45, 2.75) is 20.0 Å². The van der Waals surface area contributed by atoms with Crippen molar-refractivity contribution in [3.63, 3.8) is 0 Å². The first-order chi connectivity index (χ1) is 15.7. The molecule has 7 heteroatoms. The SMILES string of the molecule is CCN1CCN(Cc2ccccc2CNC(=O)c2nn(-c3ccccc3)cc2OC)CC1. The minimum atomic E-state index is -0.247. The van der Waals surface area contributed by atoms with Gasteiger partial charge in [-0.25, -0.2) is 4.68 Å². The van der Waals surface area contributed by atoms with Gasteiger partial charge >= 0.3 is 0 Å². The van der Waals surface area contributed by atoms with E-state index in [0.29, 0.717) is 12.3 Å². The van der Waals surface area contributed by atoms with Gasteiger partial charge in [0.1, 0.15) is 0 Å². The van der Waals surface area contributed by atoms with Gasteiger partial charge in [0, 0.05) is 39.3 Å². The highest BCUT2D eigenvalue weighted by Crippen LogP contribution is 2.20. The molecule has 1 N–H and O–H groups in total. The van der Waals surface area contributed by atoms with Crippen LogP contribution in [0, 0.1) is 0 Å². The Kier molecular flexibility index (Phi) is 7.19. The van der Waals surface area contributed by atoms with Gasteiger partial charge in [-0.05, 0) is 29.8 Å². The van der Waals surface area contributed by atoms with Gasteiger partial charge in [-0.15, -0.1) is 0 Å². The second kappa shape index (κ2) is 10.4. The molecule has 1 aromatic heterocycles. The molecule has 4 rings (SSSR count). The summed E-state index contributed by atoms with van der Waals surface area (Å²) in [6.45, 7) is 9.04. The number of methoxy groups -OCH3 is 1. The van der Waals surface area contributed by atoms with E-state index in [2.05, 4.69) is 45.3 Å². The number of hydrogen-bond acceptors (Lipinski definition) is 5. The highest BCUT2D eigenvalue weighted by atomic mass is 16.5. The van der Waals surface area contributed by atoms with Crippen LogP contribution < -0.4 is 10.1 Å². The standard InChI is InChI=1S/C25H31N5O2/c1-3-28-13-15-29(16-14-28)18-21-10-8-7-9-20(21)17-26-25(31)24-23(32-2)19-30(27-24)22-11-5-4-6-12-22/h4-12,19H,3,13-18H2,1-2H3,(H,26,31). The van der Waals surface area contributed by atoms with Crippen LogP contribution in [-0.2, 0) is 13.1 Å². The topological polar surface area (TPSA) is 62.6 Å². The summed E-state index contributed by atoms with van der Waals surface area (Å²) in [4.78, 5) is 17.9. The molecule has 0 bridgehead atoms. The molecule has 0 aliphatic carbocycles. The summed E-state index contributed by atoms with van der Waals surface area (Å²) in [7, 11) is 1.55. The highest BCUT2D eigenvalue weighted by molar-refractivity contribution is 5.94. The second-order valence-electron chi connectivity index (χ2n) is 7.99. The average molecular weight is 434 g/mol. The monoisotopic (exact) mass is 433 g/mol. The number of nitrogens with zero attached hydrogens (tertiary/aromatic N) is 4. The van der Waals surface area contributed by atoms with Crippen LogP contribution in [0.4, 0.5) is 0 Å². The van der Waals surface area contributed by atoms with Crippen LogP contribution >= 0.6 is 0 Å². The minimum Gasteiger partial charge on any atom is -0.493 e. The first kappa shape index (κ1) is 22.0. The predicted octanol–water partition coefficient (Wildman–Crippen LogP) is 2.95. The van der Waals surface area contributed by atoms with Crippen molar-refractivity contribution in [1.29, 1.82) is 0 Å². The maximum Gasteiger partial charge on any atom is 0.275 e. The van der Waals surface area contributed by atoms with E-state index in [-0.39, 0.29) is 11.6 Å². The molecule has 1 amide bonds. The molecule has 7 nitrogen and oxygen atoms in total. The van der Waals surface area contributed by atoms with E-state index in [4.69, 9.17) is 4.74 Å². The quantitative estimate of drug-likeness (QED) is 0.592. The minimum absolute atomic E-state index is 0.247. The van der Waals surface area contributed by atoms with Gasteiger partial charge in [-0.3, -0.25) is 9.69 Å². The first-order valence-electron chi connectivity index (χ1n) is 11.2. The maximum absolute atomic E-state index is 12.9. The Morgan fingerprint density at radius 1 is 0.969 bits per heavy atom. The number of nitrogens with one attached hydrogen (secondary N) is 1. The van der Waals surface area contributed by atoms with Gasteiger partial charge in [-0.1, -0.05) is 49.4 Å². The molecular formula is C25H31N5O2. The van der Waals surface area contributed by atoms with Crippen LogP contribution in [0.25, 0.3) is 5.69 Å². The number of aromatic nitrogens is 2. The molecule has 32 heavy (non-hydrogen) atoms. The van der Waals surface area contributed by atoms with Gasteiger partial charge in [0.05, 0.1) is 19.0 Å². The molecule has 2 heterocycles. The Morgan fingerprint density at radius 3 is 2.31 bits per heavy atom. The molecule has 0 radical (unpaired) electrons. The molecular weight excluding hydrogens is 402 g/mol. The Morgan fingerprint density at radius 2 is 1.62 bits per heavy atom. The maximum atomic E-state index is 12.9. The molecule has 1 aliphatic heterocycles. The van der Waals surface area contributed by atoms with Crippen LogP contribution in [-0.4, -0.2) is 65.3 Å². The molecule has 0 saturated carbocycles. The van der Waals surface area contributed by atoms with Crippen molar-refractivity contribution < 1.29 is 9.53 Å². The van der Waals surface area contributed by atoms with Crippen LogP contribution in [0.3, 0.4) is 0 Å². The molecule has 2 aromatic carbocycles. The Labute approximate surface area is 189 Å². The average Bonchev–Trinajstić information content (AvgIpc) is 3.29. The Bertz CT molecular complexity index is 1030. The number of rotatable bonds is 8. The van der Waals surface area contributed by atoms with E-state index in [9.17, 15) is 4.79 Å². The molecule has 168 valence electrons. The number of ether oxygens (including phenoxy) is 1. The van der Waals surface area contributed by atoms with Crippen molar-refractivity contribution in [2.75, 3.05) is 39.8 Å². The summed E-state index contributed by atoms with van der Waals surface area (Å²) in [6, 6.07) is 18.0. The number of hydrogen-bond donors (Lipinski definition) is 1. The van der Waals surface area contributed by atoms with Crippen molar-refractivity contribution >= 4 is 5.91 Å². The van der Waals surface area contributed by atoms with Gasteiger partial charge in [0.2, 0.25) is 0 Å². The number of likely N-dealkylation sites (N-methyl/N-ethyl adjacent to an activating group) is 1. The zero-order valence-corrected chi connectivity index (χ0v) is 18.8. The molecule has 1 aliphatic rings. The smallest absolute Gasteiger partial charge is 0.275 e. The van der Waals surface area contributed by atoms with Crippen LogP contribution in [0.15, 0.2) is 60.8 Å². The zero-order valence-electron chi connectivity index (χ0n) is 18.8. The summed E-state index contributed by atoms with van der Waals surface area (Å²) in [5.41, 5.74) is 3.53. The molecule has 1 fully saturated rings. The number of piperazine rings is 1. The van der Waals surface area contributed by atoms with Crippen LogP contribution in [0.2, 0.25) is 0 Å². The lowest BCUT2D eigenvalue weighted by atomic mass is 10.1. The van der Waals surface area contributed by atoms with E-state index in [1.54, 1.807) is 18.0 Å². The third-order valence-corrected chi connectivity index (χ3v) is 6.00. The van der Waals surface area contributed by atoms with Crippen molar-refractivity contribution in [2.24, 2.45) is 0 Å². The van der Waals surface area contributed by atoms with Gasteiger partial charge in [0.15, 0.2) is 11.4 Å². The second-order valence-corrected chi connectivity index (χ2v) is 7.99. The fourth-order valence-electron chi connectivity index (χ4n) is 4.03. The van der Waals surface area contributed by atoms with E-state index < -0.39 is 0 Å². The van der Waals surface area contributed by atoms with Crippen LogP contribution in [0.1, 0.15) is 28.5 Å². The number of para-hydroxylation sites is 1. The first-order valence-corrected chi connectivity index (χ1v) is 11.2. The number of benzene rings is 2. The number of carbonyl (C=O) groups excluding carboxylic acids is 1. The normalized spacial score (nSPS) is 14.9. The number of carbonyl (C=O) groups is 1. The summed E-state index contributed by atoms with van der Waals surface area (Å²) in [6.07, 6.45) is 1.73. The zero-order chi connectivity index (χ0) is 22.3. The summed E-state index contributed by atoms with van der Waals surface area (Å²) in [5.74, 6) is 0.205. The third-order valence-electron chi connectivity index (χ3n) is 6.00. The molecule has 3 aromatic rings. The van der Waals surface area contributed by atoms with Crippen molar-refractivity contribution in [3.8, 4) is 11.4 Å².